The van der Waals surface area contributed by atoms with Gasteiger partial charge in [-0.25, -0.2) is 4.39 Å². The van der Waals surface area contributed by atoms with Gasteiger partial charge in [-0.05, 0) is 40.5 Å². The maximum atomic E-state index is 14.1. The standard InChI is InChI=1S/C16H12BrFO2/c17-13-6-3-5-12(15(13)18)16(19)11-8-9-20-14-7-2-1-4-10(11)14/h1-7,11H,8-9H2. The predicted octanol–water partition coefficient (Wildman–Crippen LogP) is 4.34. The Morgan fingerprint density at radius 1 is 1.20 bits per heavy atom. The molecule has 20 heavy (non-hydrogen) atoms. The molecule has 1 heterocycles. The zero-order valence-electron chi connectivity index (χ0n) is 10.6. The number of carbonyl (C=O) groups excluding carboxylic acids is 1. The molecule has 0 fully saturated rings. The Bertz CT molecular complexity index is 669. The van der Waals surface area contributed by atoms with Crippen LogP contribution in [0.1, 0.15) is 28.3 Å². The van der Waals surface area contributed by atoms with Crippen molar-refractivity contribution in [2.24, 2.45) is 0 Å². The van der Waals surface area contributed by atoms with Gasteiger partial charge in [0.05, 0.1) is 22.6 Å². The number of fused-ring (bicyclic) bond motifs is 1. The predicted molar refractivity (Wildman–Crippen MR) is 77.7 cm³/mol. The number of benzene rings is 2. The third-order valence-corrected chi connectivity index (χ3v) is 4.10. The largest absolute Gasteiger partial charge is 0.493 e. The van der Waals surface area contributed by atoms with E-state index in [4.69, 9.17) is 4.74 Å². The number of carbonyl (C=O) groups is 1. The molecular weight excluding hydrogens is 323 g/mol. The van der Waals surface area contributed by atoms with Crippen LogP contribution < -0.4 is 4.74 Å². The van der Waals surface area contributed by atoms with E-state index in [-0.39, 0.29) is 17.3 Å². The van der Waals surface area contributed by atoms with Gasteiger partial charge >= 0.3 is 0 Å². The molecule has 102 valence electrons. The SMILES string of the molecule is O=C(c1cccc(Br)c1F)C1CCOc2ccccc21. The van der Waals surface area contributed by atoms with Crippen LogP contribution in [0.15, 0.2) is 46.9 Å². The monoisotopic (exact) mass is 334 g/mol. The number of rotatable bonds is 2. The summed E-state index contributed by atoms with van der Waals surface area (Å²) in [7, 11) is 0. The summed E-state index contributed by atoms with van der Waals surface area (Å²) < 4.78 is 19.9. The minimum Gasteiger partial charge on any atom is -0.493 e. The molecule has 2 aromatic carbocycles. The summed E-state index contributed by atoms with van der Waals surface area (Å²) in [6, 6.07) is 12.2. The van der Waals surface area contributed by atoms with Gasteiger partial charge in [-0.3, -0.25) is 4.79 Å². The summed E-state index contributed by atoms with van der Waals surface area (Å²) in [5.41, 5.74) is 0.962. The van der Waals surface area contributed by atoms with Crippen LogP contribution in [0.4, 0.5) is 4.39 Å². The lowest BCUT2D eigenvalue weighted by molar-refractivity contribution is 0.0929. The molecule has 3 rings (SSSR count). The van der Waals surface area contributed by atoms with Crippen molar-refractivity contribution in [2.75, 3.05) is 6.61 Å². The lowest BCUT2D eigenvalue weighted by atomic mass is 9.86. The Morgan fingerprint density at radius 3 is 2.85 bits per heavy atom. The minimum absolute atomic E-state index is 0.126. The van der Waals surface area contributed by atoms with Crippen LogP contribution in [0.5, 0.6) is 5.75 Å². The number of ether oxygens (including phenoxy) is 1. The molecule has 0 bridgehead atoms. The van der Waals surface area contributed by atoms with Crippen LogP contribution in [0.2, 0.25) is 0 Å². The lowest BCUT2D eigenvalue weighted by Gasteiger charge is -2.25. The van der Waals surface area contributed by atoms with E-state index >= 15 is 0 Å². The van der Waals surface area contributed by atoms with Crippen molar-refractivity contribution in [1.82, 2.24) is 0 Å². The molecule has 2 aromatic rings. The van der Waals surface area contributed by atoms with Crippen molar-refractivity contribution in [1.29, 1.82) is 0 Å². The Balaban J connectivity index is 2.02. The van der Waals surface area contributed by atoms with E-state index in [1.165, 1.54) is 6.07 Å². The lowest BCUT2D eigenvalue weighted by Crippen LogP contribution is -2.22. The molecule has 4 heteroatoms. The van der Waals surface area contributed by atoms with Crippen molar-refractivity contribution < 1.29 is 13.9 Å². The highest BCUT2D eigenvalue weighted by atomic mass is 79.9. The fraction of sp³-hybridized carbons (Fsp3) is 0.188. The van der Waals surface area contributed by atoms with Crippen LogP contribution in [0.3, 0.4) is 0 Å². The fourth-order valence-corrected chi connectivity index (χ4v) is 2.86. The smallest absolute Gasteiger partial charge is 0.173 e. The van der Waals surface area contributed by atoms with E-state index < -0.39 is 5.82 Å². The van der Waals surface area contributed by atoms with Crippen molar-refractivity contribution >= 4 is 21.7 Å². The van der Waals surface area contributed by atoms with E-state index in [2.05, 4.69) is 15.9 Å². The zero-order valence-corrected chi connectivity index (χ0v) is 12.2. The topological polar surface area (TPSA) is 26.3 Å². The Morgan fingerprint density at radius 2 is 2.00 bits per heavy atom. The second kappa shape index (κ2) is 5.37. The minimum atomic E-state index is -0.499. The number of Topliss-reactive ketones (excluding diaryl/α,β-unsaturated/α-hetero) is 1. The van der Waals surface area contributed by atoms with Gasteiger partial charge in [0, 0.05) is 5.56 Å². The van der Waals surface area contributed by atoms with Crippen LogP contribution >= 0.6 is 15.9 Å². The van der Waals surface area contributed by atoms with Gasteiger partial charge in [-0.2, -0.15) is 0 Å². The molecule has 0 aliphatic carbocycles. The van der Waals surface area contributed by atoms with E-state index in [0.29, 0.717) is 23.2 Å². The number of hydrogen-bond acceptors (Lipinski definition) is 2. The third-order valence-electron chi connectivity index (χ3n) is 3.49. The summed E-state index contributed by atoms with van der Waals surface area (Å²) in [4.78, 5) is 12.6. The molecule has 0 N–H and O–H groups in total. The highest BCUT2D eigenvalue weighted by molar-refractivity contribution is 9.10. The first-order valence-corrected chi connectivity index (χ1v) is 7.17. The van der Waals surface area contributed by atoms with Crippen molar-refractivity contribution in [3.63, 3.8) is 0 Å². The van der Waals surface area contributed by atoms with Crippen LogP contribution in [0.25, 0.3) is 0 Å². The van der Waals surface area contributed by atoms with Gasteiger partial charge in [0.15, 0.2) is 5.78 Å². The maximum absolute atomic E-state index is 14.1. The Kier molecular flexibility index (Phi) is 3.57. The van der Waals surface area contributed by atoms with E-state index in [9.17, 15) is 9.18 Å². The molecule has 0 amide bonds. The van der Waals surface area contributed by atoms with Gasteiger partial charge in [-0.15, -0.1) is 0 Å². The normalized spacial score (nSPS) is 17.2. The Labute approximate surface area is 124 Å². The van der Waals surface area contributed by atoms with Gasteiger partial charge in [0.2, 0.25) is 0 Å². The molecule has 1 unspecified atom stereocenters. The molecule has 0 spiro atoms. The zero-order chi connectivity index (χ0) is 14.1. The fourth-order valence-electron chi connectivity index (χ4n) is 2.50. The van der Waals surface area contributed by atoms with Crippen molar-refractivity contribution in [2.45, 2.75) is 12.3 Å². The molecule has 1 aliphatic rings. The second-order valence-electron chi connectivity index (χ2n) is 4.69. The first kappa shape index (κ1) is 13.3. The maximum Gasteiger partial charge on any atom is 0.173 e. The molecule has 0 aromatic heterocycles. The summed E-state index contributed by atoms with van der Waals surface area (Å²) >= 11 is 3.12. The van der Waals surface area contributed by atoms with Gasteiger partial charge in [-0.1, -0.05) is 24.3 Å². The van der Waals surface area contributed by atoms with E-state index in [0.717, 1.165) is 5.56 Å². The molecule has 1 aliphatic heterocycles. The third kappa shape index (κ3) is 2.24. The molecule has 0 saturated heterocycles. The second-order valence-corrected chi connectivity index (χ2v) is 5.55. The van der Waals surface area contributed by atoms with Crippen LogP contribution in [-0.4, -0.2) is 12.4 Å². The molecule has 1 atom stereocenters. The number of hydrogen-bond donors (Lipinski definition) is 0. The molecule has 0 radical (unpaired) electrons. The van der Waals surface area contributed by atoms with E-state index in [1.54, 1.807) is 12.1 Å². The highest BCUT2D eigenvalue weighted by Crippen LogP contribution is 2.36. The van der Waals surface area contributed by atoms with Crippen molar-refractivity contribution in [3.05, 3.63) is 63.9 Å². The number of para-hydroxylation sites is 1. The Hall–Kier alpha value is -1.68. The van der Waals surface area contributed by atoms with Gasteiger partial charge < -0.3 is 4.74 Å². The summed E-state index contributed by atoms with van der Waals surface area (Å²) in [6.45, 7) is 0.475. The quantitative estimate of drug-likeness (QED) is 0.764. The first-order valence-electron chi connectivity index (χ1n) is 6.38. The van der Waals surface area contributed by atoms with Gasteiger partial charge in [0.25, 0.3) is 0 Å². The number of halogens is 2. The average Bonchev–Trinajstić information content (AvgIpc) is 2.49. The molecule has 2 nitrogen and oxygen atoms in total. The van der Waals surface area contributed by atoms with Crippen LogP contribution in [0, 0.1) is 5.82 Å². The van der Waals surface area contributed by atoms with E-state index in [1.807, 2.05) is 24.3 Å². The summed E-state index contributed by atoms with van der Waals surface area (Å²) in [6.07, 6.45) is 0.571. The summed E-state index contributed by atoms with van der Waals surface area (Å²) in [5.74, 6) is -0.322. The van der Waals surface area contributed by atoms with Crippen LogP contribution in [-0.2, 0) is 0 Å². The summed E-state index contributed by atoms with van der Waals surface area (Å²) in [5, 5.41) is 0. The van der Waals surface area contributed by atoms with Gasteiger partial charge in [0.1, 0.15) is 11.6 Å². The average molecular weight is 335 g/mol. The number of ketones is 1. The first-order chi connectivity index (χ1) is 9.68. The van der Waals surface area contributed by atoms with Crippen molar-refractivity contribution in [3.8, 4) is 5.75 Å². The molecular formula is C16H12BrFO2. The highest BCUT2D eigenvalue weighted by Gasteiger charge is 2.29. The molecule has 0 saturated carbocycles.